The summed E-state index contributed by atoms with van der Waals surface area (Å²) in [6, 6.07) is 17.9. The Kier molecular flexibility index (Phi) is 4.08. The number of rotatable bonds is 3. The van der Waals surface area contributed by atoms with Gasteiger partial charge < -0.3 is 15.2 Å². The Morgan fingerprint density at radius 1 is 0.963 bits per heavy atom. The summed E-state index contributed by atoms with van der Waals surface area (Å²) in [4.78, 5) is 13.4. The SMILES string of the molecule is COc1ccc(C2(c3ccc(O)cc3)C(=O)Nc3c2ccc(Cl)c3C)cc1. The molecule has 1 unspecified atom stereocenters. The maximum absolute atomic E-state index is 13.4. The molecule has 5 heteroatoms. The summed E-state index contributed by atoms with van der Waals surface area (Å²) in [6.45, 7) is 1.89. The summed E-state index contributed by atoms with van der Waals surface area (Å²) >= 11 is 6.28. The normalized spacial score (nSPS) is 18.1. The summed E-state index contributed by atoms with van der Waals surface area (Å²) < 4.78 is 5.27. The molecule has 0 aliphatic carbocycles. The number of fused-ring (bicyclic) bond motifs is 1. The van der Waals surface area contributed by atoms with Gasteiger partial charge >= 0.3 is 0 Å². The first-order valence-corrected chi connectivity index (χ1v) is 8.91. The van der Waals surface area contributed by atoms with Gasteiger partial charge in [-0.2, -0.15) is 0 Å². The monoisotopic (exact) mass is 379 g/mol. The number of benzene rings is 3. The fraction of sp³-hybridized carbons (Fsp3) is 0.136. The predicted octanol–water partition coefficient (Wildman–Crippen LogP) is 4.65. The quantitative estimate of drug-likeness (QED) is 0.696. The highest BCUT2D eigenvalue weighted by Gasteiger charge is 2.50. The van der Waals surface area contributed by atoms with Gasteiger partial charge in [0.25, 0.3) is 0 Å². The van der Waals surface area contributed by atoms with E-state index in [1.807, 2.05) is 43.3 Å². The molecule has 2 N–H and O–H groups in total. The van der Waals surface area contributed by atoms with Gasteiger partial charge in [-0.3, -0.25) is 4.79 Å². The van der Waals surface area contributed by atoms with E-state index in [2.05, 4.69) is 5.32 Å². The molecule has 4 nitrogen and oxygen atoms in total. The van der Waals surface area contributed by atoms with E-state index in [1.54, 1.807) is 31.4 Å². The third-order valence-corrected chi connectivity index (χ3v) is 5.61. The van der Waals surface area contributed by atoms with E-state index in [-0.39, 0.29) is 11.7 Å². The van der Waals surface area contributed by atoms with Gasteiger partial charge in [-0.05, 0) is 53.9 Å². The Morgan fingerprint density at radius 2 is 1.56 bits per heavy atom. The van der Waals surface area contributed by atoms with Crippen LogP contribution in [0.25, 0.3) is 0 Å². The molecule has 27 heavy (non-hydrogen) atoms. The standard InChI is InChI=1S/C22H18ClNO3/c1-13-19(23)12-11-18-20(13)24-21(26)22(18,14-3-7-16(25)8-4-14)15-5-9-17(27-2)10-6-15/h3-12,25H,1-2H3,(H,24,26). The number of halogens is 1. The van der Waals surface area contributed by atoms with Crippen molar-refractivity contribution in [2.45, 2.75) is 12.3 Å². The highest BCUT2D eigenvalue weighted by molar-refractivity contribution is 6.32. The van der Waals surface area contributed by atoms with Crippen molar-refractivity contribution in [1.29, 1.82) is 0 Å². The molecule has 0 spiro atoms. The molecule has 1 aliphatic heterocycles. The minimum absolute atomic E-state index is 0.148. The maximum atomic E-state index is 13.4. The summed E-state index contributed by atoms with van der Waals surface area (Å²) in [5, 5.41) is 13.4. The molecule has 136 valence electrons. The molecule has 4 rings (SSSR count). The van der Waals surface area contributed by atoms with E-state index in [0.717, 1.165) is 27.9 Å². The van der Waals surface area contributed by atoms with E-state index in [1.165, 1.54) is 0 Å². The van der Waals surface area contributed by atoms with Crippen LogP contribution in [-0.2, 0) is 10.2 Å². The van der Waals surface area contributed by atoms with Crippen molar-refractivity contribution in [2.24, 2.45) is 0 Å². The minimum atomic E-state index is -1.04. The molecule has 1 amide bonds. The molecule has 1 aliphatic rings. The van der Waals surface area contributed by atoms with Crippen LogP contribution in [0.1, 0.15) is 22.3 Å². The molecule has 1 atom stereocenters. The molecule has 3 aromatic rings. The first-order chi connectivity index (χ1) is 13.0. The second-order valence-electron chi connectivity index (χ2n) is 6.57. The summed E-state index contributed by atoms with van der Waals surface area (Å²) in [5.74, 6) is 0.707. The predicted molar refractivity (Wildman–Crippen MR) is 106 cm³/mol. The summed E-state index contributed by atoms with van der Waals surface area (Å²) in [7, 11) is 1.60. The first kappa shape index (κ1) is 17.4. The van der Waals surface area contributed by atoms with E-state index < -0.39 is 5.41 Å². The first-order valence-electron chi connectivity index (χ1n) is 8.53. The van der Waals surface area contributed by atoms with Crippen LogP contribution in [0.15, 0.2) is 60.7 Å². The summed E-state index contributed by atoms with van der Waals surface area (Å²) in [5.41, 5.74) is 2.94. The molecule has 0 fully saturated rings. The number of anilines is 1. The van der Waals surface area contributed by atoms with Gasteiger partial charge in [0.15, 0.2) is 0 Å². The number of phenolic OH excluding ortho intramolecular Hbond substituents is 1. The zero-order chi connectivity index (χ0) is 19.2. The second-order valence-corrected chi connectivity index (χ2v) is 6.98. The number of phenols is 1. The average Bonchev–Trinajstić information content (AvgIpc) is 2.99. The Bertz CT molecular complexity index is 1030. The zero-order valence-electron chi connectivity index (χ0n) is 14.9. The van der Waals surface area contributed by atoms with Crippen molar-refractivity contribution in [3.63, 3.8) is 0 Å². The van der Waals surface area contributed by atoms with Gasteiger partial charge in [0.2, 0.25) is 5.91 Å². The zero-order valence-corrected chi connectivity index (χ0v) is 15.7. The maximum Gasteiger partial charge on any atom is 0.244 e. The molecule has 0 radical (unpaired) electrons. The van der Waals surface area contributed by atoms with Crippen LogP contribution in [0.5, 0.6) is 11.5 Å². The van der Waals surface area contributed by atoms with E-state index in [0.29, 0.717) is 10.8 Å². The van der Waals surface area contributed by atoms with Crippen LogP contribution in [0, 0.1) is 6.92 Å². The Balaban J connectivity index is 2.05. The third-order valence-electron chi connectivity index (χ3n) is 5.21. The van der Waals surface area contributed by atoms with Crippen LogP contribution >= 0.6 is 11.6 Å². The van der Waals surface area contributed by atoms with Crippen molar-refractivity contribution in [3.8, 4) is 11.5 Å². The number of hydrogen-bond donors (Lipinski definition) is 2. The van der Waals surface area contributed by atoms with Crippen molar-refractivity contribution >= 4 is 23.2 Å². The lowest BCUT2D eigenvalue weighted by atomic mass is 9.70. The number of carbonyl (C=O) groups is 1. The number of aromatic hydroxyl groups is 1. The largest absolute Gasteiger partial charge is 0.508 e. The third kappa shape index (κ3) is 2.48. The highest BCUT2D eigenvalue weighted by atomic mass is 35.5. The van der Waals surface area contributed by atoms with Crippen molar-refractivity contribution < 1.29 is 14.6 Å². The van der Waals surface area contributed by atoms with Crippen LogP contribution in [0.4, 0.5) is 5.69 Å². The number of carbonyl (C=O) groups excluding carboxylic acids is 1. The number of amides is 1. The van der Waals surface area contributed by atoms with Crippen molar-refractivity contribution in [2.75, 3.05) is 12.4 Å². The number of nitrogens with one attached hydrogen (secondary N) is 1. The van der Waals surface area contributed by atoms with Crippen LogP contribution in [0.2, 0.25) is 5.02 Å². The van der Waals surface area contributed by atoms with E-state index in [4.69, 9.17) is 16.3 Å². The molecule has 3 aromatic carbocycles. The van der Waals surface area contributed by atoms with Crippen LogP contribution in [0.3, 0.4) is 0 Å². The van der Waals surface area contributed by atoms with Gasteiger partial charge in [0, 0.05) is 10.6 Å². The van der Waals surface area contributed by atoms with Crippen molar-refractivity contribution in [3.05, 3.63) is 87.9 Å². The molecular formula is C22H18ClNO3. The smallest absolute Gasteiger partial charge is 0.244 e. The lowest BCUT2D eigenvalue weighted by molar-refractivity contribution is -0.118. The molecule has 0 saturated heterocycles. The average molecular weight is 380 g/mol. The van der Waals surface area contributed by atoms with Gasteiger partial charge in [-0.15, -0.1) is 0 Å². The topological polar surface area (TPSA) is 58.6 Å². The Morgan fingerprint density at radius 3 is 2.15 bits per heavy atom. The second kappa shape index (κ2) is 6.32. The number of methoxy groups -OCH3 is 1. The van der Waals surface area contributed by atoms with Gasteiger partial charge in [-0.1, -0.05) is 41.9 Å². The number of hydrogen-bond acceptors (Lipinski definition) is 3. The fourth-order valence-corrected chi connectivity index (χ4v) is 3.94. The van der Waals surface area contributed by atoms with Crippen LogP contribution < -0.4 is 10.1 Å². The minimum Gasteiger partial charge on any atom is -0.508 e. The highest BCUT2D eigenvalue weighted by Crippen LogP contribution is 2.50. The molecule has 1 heterocycles. The number of ether oxygens (including phenoxy) is 1. The summed E-state index contributed by atoms with van der Waals surface area (Å²) in [6.07, 6.45) is 0. The molecule has 0 saturated carbocycles. The fourth-order valence-electron chi connectivity index (χ4n) is 3.78. The van der Waals surface area contributed by atoms with E-state index in [9.17, 15) is 9.90 Å². The van der Waals surface area contributed by atoms with E-state index >= 15 is 0 Å². The lowest BCUT2D eigenvalue weighted by Gasteiger charge is -2.29. The Hall–Kier alpha value is -2.98. The van der Waals surface area contributed by atoms with Gasteiger partial charge in [0.05, 0.1) is 12.8 Å². The van der Waals surface area contributed by atoms with Crippen LogP contribution in [-0.4, -0.2) is 18.1 Å². The van der Waals surface area contributed by atoms with Gasteiger partial charge in [-0.25, -0.2) is 0 Å². The molecule has 0 aromatic heterocycles. The molecular weight excluding hydrogens is 362 g/mol. The molecule has 0 bridgehead atoms. The lowest BCUT2D eigenvalue weighted by Crippen LogP contribution is -2.36. The Labute approximate surface area is 162 Å². The van der Waals surface area contributed by atoms with Crippen molar-refractivity contribution in [1.82, 2.24) is 0 Å². The van der Waals surface area contributed by atoms with Gasteiger partial charge in [0.1, 0.15) is 16.9 Å².